The van der Waals surface area contributed by atoms with Crippen LogP contribution < -0.4 is 10.9 Å². The minimum atomic E-state index is -0.137. The second kappa shape index (κ2) is 7.52. The number of aromatic amines is 1. The lowest BCUT2D eigenvalue weighted by Crippen LogP contribution is -2.39. The predicted molar refractivity (Wildman–Crippen MR) is 77.7 cm³/mol. The Morgan fingerprint density at radius 3 is 3.15 bits per heavy atom. The summed E-state index contributed by atoms with van der Waals surface area (Å²) in [4.78, 5) is 21.4. The van der Waals surface area contributed by atoms with Crippen LogP contribution in [-0.2, 0) is 11.3 Å². The van der Waals surface area contributed by atoms with Crippen molar-refractivity contribution in [2.24, 2.45) is 0 Å². The summed E-state index contributed by atoms with van der Waals surface area (Å²) in [6.07, 6.45) is 0.926. The van der Waals surface area contributed by atoms with E-state index >= 15 is 0 Å². The van der Waals surface area contributed by atoms with Crippen molar-refractivity contribution in [2.45, 2.75) is 32.9 Å². The minimum absolute atomic E-state index is 0.111. The number of ether oxygens (including phenoxy) is 1. The molecule has 0 spiro atoms. The first-order valence-electron chi connectivity index (χ1n) is 7.37. The Morgan fingerprint density at radius 2 is 2.40 bits per heavy atom. The molecule has 1 aliphatic rings. The fourth-order valence-corrected chi connectivity index (χ4v) is 2.32. The van der Waals surface area contributed by atoms with Gasteiger partial charge in [-0.2, -0.15) is 0 Å². The zero-order valence-electron chi connectivity index (χ0n) is 12.3. The average molecular weight is 280 g/mol. The molecule has 6 heteroatoms. The van der Waals surface area contributed by atoms with Crippen molar-refractivity contribution >= 4 is 0 Å². The van der Waals surface area contributed by atoms with Crippen molar-refractivity contribution in [3.63, 3.8) is 0 Å². The monoisotopic (exact) mass is 280 g/mol. The molecule has 1 unspecified atom stereocenters. The summed E-state index contributed by atoms with van der Waals surface area (Å²) in [6, 6.07) is 1.55. The number of aromatic nitrogens is 2. The molecule has 0 saturated carbocycles. The van der Waals surface area contributed by atoms with Crippen molar-refractivity contribution < 1.29 is 4.74 Å². The number of nitrogens with zero attached hydrogens (tertiary/aromatic N) is 2. The molecule has 20 heavy (non-hydrogen) atoms. The van der Waals surface area contributed by atoms with Crippen molar-refractivity contribution in [1.29, 1.82) is 0 Å². The molecule has 1 aliphatic heterocycles. The maximum Gasteiger partial charge on any atom is 0.251 e. The van der Waals surface area contributed by atoms with Gasteiger partial charge in [0.05, 0.1) is 12.3 Å². The van der Waals surface area contributed by atoms with Crippen LogP contribution in [0.5, 0.6) is 0 Å². The second-order valence-corrected chi connectivity index (χ2v) is 5.05. The van der Waals surface area contributed by atoms with Gasteiger partial charge < -0.3 is 15.0 Å². The van der Waals surface area contributed by atoms with Gasteiger partial charge in [0, 0.05) is 25.7 Å². The first kappa shape index (κ1) is 15.2. The summed E-state index contributed by atoms with van der Waals surface area (Å²) in [5, 5.41) is 3.26. The molecule has 0 aromatic carbocycles. The van der Waals surface area contributed by atoms with Gasteiger partial charge in [0.2, 0.25) is 0 Å². The number of hydrogen-bond donors (Lipinski definition) is 2. The van der Waals surface area contributed by atoms with Gasteiger partial charge in [-0.3, -0.25) is 9.69 Å². The molecule has 0 radical (unpaired) electrons. The molecule has 6 nitrogen and oxygen atoms in total. The summed E-state index contributed by atoms with van der Waals surface area (Å²) in [5.41, 5.74) is 0.662. The molecule has 1 fully saturated rings. The highest BCUT2D eigenvalue weighted by Gasteiger charge is 2.23. The van der Waals surface area contributed by atoms with Crippen LogP contribution in [0, 0.1) is 0 Å². The van der Waals surface area contributed by atoms with E-state index in [1.54, 1.807) is 6.07 Å². The highest BCUT2D eigenvalue weighted by molar-refractivity contribution is 5.05. The van der Waals surface area contributed by atoms with Crippen molar-refractivity contribution in [2.75, 3.05) is 32.8 Å². The highest BCUT2D eigenvalue weighted by Crippen LogP contribution is 2.18. The third-order valence-electron chi connectivity index (χ3n) is 3.45. The summed E-state index contributed by atoms with van der Waals surface area (Å²) in [6.45, 7) is 9.17. The van der Waals surface area contributed by atoms with Crippen LogP contribution in [0.15, 0.2) is 10.9 Å². The topological polar surface area (TPSA) is 70.2 Å². The molecule has 2 heterocycles. The van der Waals surface area contributed by atoms with Gasteiger partial charge in [0.25, 0.3) is 5.56 Å². The van der Waals surface area contributed by atoms with E-state index in [4.69, 9.17) is 4.74 Å². The molecule has 2 N–H and O–H groups in total. The Balaban J connectivity index is 2.08. The van der Waals surface area contributed by atoms with E-state index in [2.05, 4.69) is 34.0 Å². The number of morpholine rings is 1. The molecule has 0 bridgehead atoms. The van der Waals surface area contributed by atoms with Gasteiger partial charge in [-0.15, -0.1) is 0 Å². The summed E-state index contributed by atoms with van der Waals surface area (Å²) in [7, 11) is 0. The first-order valence-corrected chi connectivity index (χ1v) is 7.37. The molecular formula is C14H24N4O2. The quantitative estimate of drug-likeness (QED) is 0.749. The number of hydrogen-bond acceptors (Lipinski definition) is 5. The fraction of sp³-hybridized carbons (Fsp3) is 0.714. The van der Waals surface area contributed by atoms with E-state index < -0.39 is 0 Å². The van der Waals surface area contributed by atoms with Crippen molar-refractivity contribution in [3.05, 3.63) is 27.9 Å². The van der Waals surface area contributed by atoms with E-state index in [-0.39, 0.29) is 11.7 Å². The van der Waals surface area contributed by atoms with E-state index in [0.717, 1.165) is 38.3 Å². The van der Waals surface area contributed by atoms with Gasteiger partial charge in [-0.1, -0.05) is 13.8 Å². The number of rotatable bonds is 6. The van der Waals surface area contributed by atoms with Crippen LogP contribution in [0.25, 0.3) is 0 Å². The molecule has 1 atom stereocenters. The molecule has 1 aromatic rings. The SMILES string of the molecule is CCCNCc1cc(=O)[nH]c(C2CN(CC)CCO2)n1. The lowest BCUT2D eigenvalue weighted by atomic mass is 10.2. The van der Waals surface area contributed by atoms with Crippen LogP contribution in [0.1, 0.15) is 37.9 Å². The number of likely N-dealkylation sites (N-methyl/N-ethyl adjacent to an activating group) is 1. The second-order valence-electron chi connectivity index (χ2n) is 5.05. The Bertz CT molecular complexity index is 474. The Labute approximate surface area is 119 Å². The van der Waals surface area contributed by atoms with Crippen molar-refractivity contribution in [1.82, 2.24) is 20.2 Å². The maximum atomic E-state index is 11.7. The molecule has 2 rings (SSSR count). The lowest BCUT2D eigenvalue weighted by molar-refractivity contribution is -0.0327. The third-order valence-corrected chi connectivity index (χ3v) is 3.45. The lowest BCUT2D eigenvalue weighted by Gasteiger charge is -2.31. The van der Waals surface area contributed by atoms with E-state index in [9.17, 15) is 4.79 Å². The molecule has 1 aromatic heterocycles. The van der Waals surface area contributed by atoms with E-state index in [1.165, 1.54) is 0 Å². The number of H-pyrrole nitrogens is 1. The molecule has 1 saturated heterocycles. The molecule has 112 valence electrons. The van der Waals surface area contributed by atoms with Gasteiger partial charge >= 0.3 is 0 Å². The molecule has 0 aliphatic carbocycles. The summed E-state index contributed by atoms with van der Waals surface area (Å²) >= 11 is 0. The smallest absolute Gasteiger partial charge is 0.251 e. The summed E-state index contributed by atoms with van der Waals surface area (Å²) in [5.74, 6) is 0.643. The van der Waals surface area contributed by atoms with Crippen LogP contribution in [0.2, 0.25) is 0 Å². The Kier molecular flexibility index (Phi) is 5.70. The Hall–Kier alpha value is -1.24. The van der Waals surface area contributed by atoms with Crippen LogP contribution >= 0.6 is 0 Å². The van der Waals surface area contributed by atoms with Gasteiger partial charge in [-0.05, 0) is 19.5 Å². The van der Waals surface area contributed by atoms with Gasteiger partial charge in [0.1, 0.15) is 11.9 Å². The van der Waals surface area contributed by atoms with Crippen LogP contribution in [0.3, 0.4) is 0 Å². The molecule has 0 amide bonds. The number of nitrogens with one attached hydrogen (secondary N) is 2. The summed E-state index contributed by atoms with van der Waals surface area (Å²) < 4.78 is 5.74. The largest absolute Gasteiger partial charge is 0.368 e. The Morgan fingerprint density at radius 1 is 1.55 bits per heavy atom. The normalized spacial score (nSPS) is 20.2. The highest BCUT2D eigenvalue weighted by atomic mass is 16.5. The van der Waals surface area contributed by atoms with Gasteiger partial charge in [0.15, 0.2) is 0 Å². The van der Waals surface area contributed by atoms with Crippen LogP contribution in [0.4, 0.5) is 0 Å². The molecular weight excluding hydrogens is 256 g/mol. The van der Waals surface area contributed by atoms with Crippen LogP contribution in [-0.4, -0.2) is 47.7 Å². The zero-order valence-corrected chi connectivity index (χ0v) is 12.3. The standard InChI is InChI=1S/C14H24N4O2/c1-3-5-15-9-11-8-13(19)17-14(16-11)12-10-18(4-2)6-7-20-12/h8,12,15H,3-7,9-10H2,1-2H3,(H,16,17,19). The van der Waals surface area contributed by atoms with E-state index in [0.29, 0.717) is 19.0 Å². The maximum absolute atomic E-state index is 11.7. The first-order chi connectivity index (χ1) is 9.72. The minimum Gasteiger partial charge on any atom is -0.368 e. The van der Waals surface area contributed by atoms with E-state index in [1.807, 2.05) is 0 Å². The average Bonchev–Trinajstić information content (AvgIpc) is 2.47. The van der Waals surface area contributed by atoms with Gasteiger partial charge in [-0.25, -0.2) is 4.98 Å². The predicted octanol–water partition coefficient (Wildman–Crippen LogP) is 0.663. The zero-order chi connectivity index (χ0) is 14.4. The van der Waals surface area contributed by atoms with Crippen molar-refractivity contribution in [3.8, 4) is 0 Å². The fourth-order valence-electron chi connectivity index (χ4n) is 2.32. The third kappa shape index (κ3) is 4.13.